The van der Waals surface area contributed by atoms with Gasteiger partial charge in [-0.1, -0.05) is 18.2 Å². The Balaban J connectivity index is 2.03. The van der Waals surface area contributed by atoms with Crippen molar-refractivity contribution in [1.82, 2.24) is 4.57 Å². The first-order valence-corrected chi connectivity index (χ1v) is 8.54. The number of fused-ring (bicyclic) bond motifs is 1. The van der Waals surface area contributed by atoms with Crippen molar-refractivity contribution in [3.05, 3.63) is 81.5 Å². The second kappa shape index (κ2) is 7.89. The van der Waals surface area contributed by atoms with Crippen LogP contribution in [0.5, 0.6) is 0 Å². The topological polar surface area (TPSA) is 109 Å². The zero-order valence-electron chi connectivity index (χ0n) is 15.6. The number of nitrogens with zero attached hydrogens (tertiary/aromatic N) is 2. The fraction of sp³-hybridized carbons (Fsp3) is 0.0952. The van der Waals surface area contributed by atoms with Gasteiger partial charge in [0.1, 0.15) is 5.57 Å². The molecule has 1 aromatic heterocycles. The molecule has 0 spiro atoms. The number of para-hydroxylation sites is 1. The number of ketones is 1. The number of rotatable bonds is 5. The number of methoxy groups -OCH3 is 1. The SMILES string of the molecule is COC(=O)/C(=C\c1ccc([N+](=O)[O-])cc1)C(=O)C(=O)n1c(C)cc2ccccc21. The van der Waals surface area contributed by atoms with E-state index >= 15 is 0 Å². The molecule has 2 aromatic carbocycles. The number of ether oxygens (including phenoxy) is 1. The van der Waals surface area contributed by atoms with Gasteiger partial charge in [-0.05, 0) is 42.8 Å². The molecule has 0 aliphatic carbocycles. The molecule has 3 rings (SSSR count). The minimum absolute atomic E-state index is 0.140. The van der Waals surface area contributed by atoms with E-state index in [1.54, 1.807) is 25.1 Å². The maximum Gasteiger partial charge on any atom is 0.342 e. The molecule has 0 atom stereocenters. The summed E-state index contributed by atoms with van der Waals surface area (Å²) in [6.45, 7) is 1.68. The molecule has 0 saturated heterocycles. The molecule has 0 radical (unpaired) electrons. The summed E-state index contributed by atoms with van der Waals surface area (Å²) in [5.41, 5.74) is 0.820. The van der Waals surface area contributed by atoms with E-state index < -0.39 is 28.2 Å². The summed E-state index contributed by atoms with van der Waals surface area (Å²) in [6, 6.07) is 14.0. The smallest absolute Gasteiger partial charge is 0.342 e. The number of aromatic nitrogens is 1. The van der Waals surface area contributed by atoms with Gasteiger partial charge in [-0.2, -0.15) is 0 Å². The van der Waals surface area contributed by atoms with Crippen LogP contribution in [0.25, 0.3) is 17.0 Å². The van der Waals surface area contributed by atoms with Crippen LogP contribution in [0.3, 0.4) is 0 Å². The summed E-state index contributed by atoms with van der Waals surface area (Å²) in [7, 11) is 1.10. The molecule has 0 aliphatic rings. The third-order valence-corrected chi connectivity index (χ3v) is 4.36. The minimum Gasteiger partial charge on any atom is -0.465 e. The van der Waals surface area contributed by atoms with Crippen molar-refractivity contribution in [3.63, 3.8) is 0 Å². The van der Waals surface area contributed by atoms with E-state index in [2.05, 4.69) is 4.74 Å². The lowest BCUT2D eigenvalue weighted by molar-refractivity contribution is -0.384. The third kappa shape index (κ3) is 3.81. The molecule has 1 heterocycles. The molecular formula is C21H16N2O6. The van der Waals surface area contributed by atoms with Gasteiger partial charge in [-0.3, -0.25) is 24.3 Å². The van der Waals surface area contributed by atoms with E-state index in [-0.39, 0.29) is 5.69 Å². The summed E-state index contributed by atoms with van der Waals surface area (Å²) < 4.78 is 5.90. The van der Waals surface area contributed by atoms with Gasteiger partial charge in [-0.15, -0.1) is 0 Å². The number of non-ortho nitro benzene ring substituents is 1. The Labute approximate surface area is 165 Å². The number of hydrogen-bond acceptors (Lipinski definition) is 6. The van der Waals surface area contributed by atoms with Crippen LogP contribution in [0.15, 0.2) is 60.2 Å². The average molecular weight is 392 g/mol. The second-order valence-corrected chi connectivity index (χ2v) is 6.21. The Hall–Kier alpha value is -4.07. The zero-order chi connectivity index (χ0) is 21.1. The average Bonchev–Trinajstić information content (AvgIpc) is 3.06. The minimum atomic E-state index is -1.04. The predicted octanol–water partition coefficient (Wildman–Crippen LogP) is 3.32. The Morgan fingerprint density at radius 1 is 1.07 bits per heavy atom. The molecule has 3 aromatic rings. The van der Waals surface area contributed by atoms with Gasteiger partial charge in [-0.25, -0.2) is 4.79 Å². The molecule has 0 unspecified atom stereocenters. The number of nitro groups is 1. The largest absolute Gasteiger partial charge is 0.465 e. The Bertz CT molecular complexity index is 1170. The highest BCUT2D eigenvalue weighted by Crippen LogP contribution is 2.21. The van der Waals surface area contributed by atoms with Crippen molar-refractivity contribution in [2.24, 2.45) is 0 Å². The molecule has 29 heavy (non-hydrogen) atoms. The molecule has 8 heteroatoms. The van der Waals surface area contributed by atoms with E-state index in [4.69, 9.17) is 0 Å². The third-order valence-electron chi connectivity index (χ3n) is 4.36. The molecule has 0 saturated carbocycles. The second-order valence-electron chi connectivity index (χ2n) is 6.21. The van der Waals surface area contributed by atoms with Gasteiger partial charge in [0.15, 0.2) is 0 Å². The van der Waals surface area contributed by atoms with E-state index in [1.807, 2.05) is 12.1 Å². The summed E-state index contributed by atoms with van der Waals surface area (Å²) >= 11 is 0. The number of benzene rings is 2. The molecule has 8 nitrogen and oxygen atoms in total. The van der Waals surface area contributed by atoms with Crippen LogP contribution in [0.1, 0.15) is 16.1 Å². The molecule has 0 fully saturated rings. The van der Waals surface area contributed by atoms with Crippen molar-refractivity contribution >= 4 is 40.3 Å². The summed E-state index contributed by atoms with van der Waals surface area (Å²) in [6.07, 6.45) is 1.18. The van der Waals surface area contributed by atoms with Crippen molar-refractivity contribution in [1.29, 1.82) is 0 Å². The van der Waals surface area contributed by atoms with Gasteiger partial charge in [0, 0.05) is 23.2 Å². The highest BCUT2D eigenvalue weighted by Gasteiger charge is 2.28. The molecule has 0 aliphatic heterocycles. The van der Waals surface area contributed by atoms with E-state index in [0.717, 1.165) is 12.5 Å². The molecule has 0 bridgehead atoms. The van der Waals surface area contributed by atoms with Crippen LogP contribution in [-0.2, 0) is 14.3 Å². The molecule has 0 amide bonds. The van der Waals surface area contributed by atoms with Crippen LogP contribution >= 0.6 is 0 Å². The maximum absolute atomic E-state index is 12.9. The number of hydrogen-bond donors (Lipinski definition) is 0. The Morgan fingerprint density at radius 2 is 1.72 bits per heavy atom. The monoisotopic (exact) mass is 392 g/mol. The maximum atomic E-state index is 12.9. The van der Waals surface area contributed by atoms with Gasteiger partial charge in [0.05, 0.1) is 17.5 Å². The normalized spacial score (nSPS) is 11.3. The Kier molecular flexibility index (Phi) is 5.36. The summed E-state index contributed by atoms with van der Waals surface area (Å²) in [4.78, 5) is 48.2. The predicted molar refractivity (Wildman–Crippen MR) is 105 cm³/mol. The van der Waals surface area contributed by atoms with Crippen molar-refractivity contribution in [2.45, 2.75) is 6.92 Å². The number of carbonyl (C=O) groups is 3. The number of aryl methyl sites for hydroxylation is 1. The van der Waals surface area contributed by atoms with Crippen molar-refractivity contribution in [3.8, 4) is 0 Å². The first-order valence-electron chi connectivity index (χ1n) is 8.54. The van der Waals surface area contributed by atoms with E-state index in [0.29, 0.717) is 16.8 Å². The van der Waals surface area contributed by atoms with E-state index in [9.17, 15) is 24.5 Å². The molecule has 146 valence electrons. The van der Waals surface area contributed by atoms with Crippen LogP contribution in [0.4, 0.5) is 5.69 Å². The lowest BCUT2D eigenvalue weighted by Crippen LogP contribution is -2.27. The van der Waals surface area contributed by atoms with Crippen molar-refractivity contribution in [2.75, 3.05) is 7.11 Å². The highest BCUT2D eigenvalue weighted by molar-refractivity contribution is 6.50. The number of carbonyl (C=O) groups excluding carboxylic acids is 3. The fourth-order valence-electron chi connectivity index (χ4n) is 2.97. The van der Waals surface area contributed by atoms with Crippen LogP contribution in [0.2, 0.25) is 0 Å². The van der Waals surface area contributed by atoms with Gasteiger partial charge >= 0.3 is 11.9 Å². The lowest BCUT2D eigenvalue weighted by Gasteiger charge is -2.08. The van der Waals surface area contributed by atoms with Crippen LogP contribution < -0.4 is 0 Å². The first kappa shape index (κ1) is 19.7. The van der Waals surface area contributed by atoms with Gasteiger partial charge in [0.2, 0.25) is 0 Å². The summed E-state index contributed by atoms with van der Waals surface area (Å²) in [5.74, 6) is -2.92. The Morgan fingerprint density at radius 3 is 2.34 bits per heavy atom. The lowest BCUT2D eigenvalue weighted by atomic mass is 10.1. The first-order chi connectivity index (χ1) is 13.8. The zero-order valence-corrected chi connectivity index (χ0v) is 15.6. The summed E-state index contributed by atoms with van der Waals surface area (Å²) in [5, 5.41) is 11.6. The highest BCUT2D eigenvalue weighted by atomic mass is 16.6. The van der Waals surface area contributed by atoms with Crippen LogP contribution in [0, 0.1) is 17.0 Å². The van der Waals surface area contributed by atoms with Crippen molar-refractivity contribution < 1.29 is 24.0 Å². The van der Waals surface area contributed by atoms with Crippen LogP contribution in [-0.4, -0.2) is 34.3 Å². The number of esters is 1. The molecule has 0 N–H and O–H groups in total. The van der Waals surface area contributed by atoms with E-state index in [1.165, 1.54) is 34.9 Å². The fourth-order valence-corrected chi connectivity index (χ4v) is 2.97. The molecular weight excluding hydrogens is 376 g/mol. The standard InChI is InChI=1S/C21H16N2O6/c1-13-11-15-5-3-4-6-18(15)22(13)20(25)19(24)17(21(26)29-2)12-14-7-9-16(10-8-14)23(27)28/h3-12H,1-2H3/b17-12-. The van der Waals surface area contributed by atoms with Gasteiger partial charge in [0.25, 0.3) is 11.5 Å². The number of nitro benzene ring substituents is 1. The number of Topliss-reactive ketones (excluding diaryl/α,β-unsaturated/α-hetero) is 1. The van der Waals surface area contributed by atoms with Gasteiger partial charge < -0.3 is 4.74 Å². The quantitative estimate of drug-likeness (QED) is 0.125.